The van der Waals surface area contributed by atoms with Crippen molar-refractivity contribution in [1.82, 2.24) is 0 Å². The molecule has 0 spiro atoms. The van der Waals surface area contributed by atoms with Crippen molar-refractivity contribution in [2.45, 2.75) is 6.18 Å². The van der Waals surface area contributed by atoms with E-state index in [0.717, 1.165) is 0 Å². The first-order valence-corrected chi connectivity index (χ1v) is 4.74. The fourth-order valence-electron chi connectivity index (χ4n) is 0.0437. The number of carbonyl (C=O) groups excluding carboxylic acids is 1. The first-order valence-electron chi connectivity index (χ1n) is 1.38. The van der Waals surface area contributed by atoms with Crippen molar-refractivity contribution >= 4 is 35.3 Å². The Morgan fingerprint density at radius 3 is 1.88 bits per heavy atom. The molecule has 8 heavy (non-hydrogen) atoms. The summed E-state index contributed by atoms with van der Waals surface area (Å²) in [4.78, 5) is 9.66. The summed E-state index contributed by atoms with van der Waals surface area (Å²) in [6.07, 6.45) is -4.67. The summed E-state index contributed by atoms with van der Waals surface area (Å²) in [7, 11) is 0.138. The van der Waals surface area contributed by atoms with Crippen LogP contribution in [0.15, 0.2) is 0 Å². The monoisotopic (exact) mass is 256 g/mol. The molecule has 0 aliphatic heterocycles. The van der Waals surface area contributed by atoms with Gasteiger partial charge in [-0.3, -0.25) is 4.79 Å². The maximum absolute atomic E-state index is 11.1. The fourth-order valence-corrected chi connectivity index (χ4v) is 0.880. The van der Waals surface area contributed by atoms with E-state index >= 15 is 0 Å². The van der Waals surface area contributed by atoms with E-state index in [1.807, 2.05) is 0 Å². The molecule has 0 fully saturated rings. The van der Waals surface area contributed by atoms with E-state index in [0.29, 0.717) is 0 Å². The third kappa shape index (κ3) is 2.75. The average Bonchev–Trinajstić information content (AvgIpc) is 1.62. The second kappa shape index (κ2) is 2.90. The third-order valence-electron chi connectivity index (χ3n) is 0.302. The van der Waals surface area contributed by atoms with Crippen LogP contribution in [-0.4, -0.2) is 11.3 Å². The molecular weight excluding hydrogens is 256 g/mol. The number of alkyl halides is 3. The van der Waals surface area contributed by atoms with E-state index in [1.165, 1.54) is 21.2 Å². The van der Waals surface area contributed by atoms with Gasteiger partial charge in [-0.15, -0.1) is 0 Å². The first kappa shape index (κ1) is 8.54. The number of hydrogen-bond acceptors (Lipinski definition) is 2. The largest absolute Gasteiger partial charge is 0.461 e. The predicted molar refractivity (Wildman–Crippen MR) is 32.7 cm³/mol. The lowest BCUT2D eigenvalue weighted by Gasteiger charge is -1.97. The second-order valence-electron chi connectivity index (χ2n) is 0.862. The van der Waals surface area contributed by atoms with E-state index < -0.39 is 11.3 Å². The number of hydrogen-bond donors (Lipinski definition) is 0. The quantitative estimate of drug-likeness (QED) is 0.618. The van der Waals surface area contributed by atoms with Crippen molar-refractivity contribution in [3.63, 3.8) is 0 Å². The van der Waals surface area contributed by atoms with Gasteiger partial charge in [0.2, 0.25) is 0 Å². The molecule has 0 aromatic heterocycles. The topological polar surface area (TPSA) is 17.1 Å². The SMILES string of the molecule is O=C(SI)C(F)(F)F. The molecular formula is C2F3IOS. The molecule has 0 saturated heterocycles. The van der Waals surface area contributed by atoms with E-state index in [2.05, 4.69) is 0 Å². The van der Waals surface area contributed by atoms with Crippen LogP contribution in [-0.2, 0) is 4.79 Å². The number of carbonyl (C=O) groups is 1. The Labute approximate surface area is 59.6 Å². The Balaban J connectivity index is 3.82. The molecule has 0 aliphatic carbocycles. The van der Waals surface area contributed by atoms with Crippen molar-refractivity contribution in [2.75, 3.05) is 0 Å². The summed E-state index contributed by atoms with van der Waals surface area (Å²) in [6.45, 7) is 0. The molecule has 0 aromatic carbocycles. The Bertz CT molecular complexity index is 99.9. The maximum atomic E-state index is 11.1. The Morgan fingerprint density at radius 1 is 1.50 bits per heavy atom. The van der Waals surface area contributed by atoms with Gasteiger partial charge < -0.3 is 0 Å². The summed E-state index contributed by atoms with van der Waals surface area (Å²) >= 11 is 1.29. The van der Waals surface area contributed by atoms with Gasteiger partial charge in [-0.1, -0.05) is 0 Å². The smallest absolute Gasteiger partial charge is 0.276 e. The van der Waals surface area contributed by atoms with Gasteiger partial charge in [-0.2, -0.15) is 13.2 Å². The van der Waals surface area contributed by atoms with Crippen LogP contribution in [0.4, 0.5) is 13.2 Å². The lowest BCUT2D eigenvalue weighted by Crippen LogP contribution is -2.17. The minimum absolute atomic E-state index is 0.138. The molecule has 0 saturated carbocycles. The van der Waals surface area contributed by atoms with Crippen LogP contribution >= 0.6 is 30.1 Å². The lowest BCUT2D eigenvalue weighted by atomic mass is 10.8. The molecule has 0 bridgehead atoms. The minimum atomic E-state index is -4.67. The zero-order valence-corrected chi connectivity index (χ0v) is 6.30. The molecule has 0 aromatic rings. The highest BCUT2D eigenvalue weighted by atomic mass is 127. The van der Waals surface area contributed by atoms with Crippen molar-refractivity contribution in [3.05, 3.63) is 0 Å². The molecule has 48 valence electrons. The fraction of sp³-hybridized carbons (Fsp3) is 0.500. The van der Waals surface area contributed by atoms with Crippen molar-refractivity contribution < 1.29 is 18.0 Å². The Kier molecular flexibility index (Phi) is 3.10. The van der Waals surface area contributed by atoms with E-state index in [9.17, 15) is 18.0 Å². The first-order chi connectivity index (χ1) is 3.48. The summed E-state index contributed by atoms with van der Waals surface area (Å²) < 4.78 is 33.2. The Morgan fingerprint density at radius 2 is 1.88 bits per heavy atom. The van der Waals surface area contributed by atoms with Gasteiger partial charge in [0.15, 0.2) is 0 Å². The molecule has 6 heteroatoms. The predicted octanol–water partition coefficient (Wildman–Crippen LogP) is 2.16. The second-order valence-corrected chi connectivity index (χ2v) is 2.71. The minimum Gasteiger partial charge on any atom is -0.276 e. The van der Waals surface area contributed by atoms with Crippen LogP contribution in [0.2, 0.25) is 0 Å². The molecule has 0 heterocycles. The highest BCUT2D eigenvalue weighted by molar-refractivity contribution is 14.2. The van der Waals surface area contributed by atoms with Crippen LogP contribution in [0.25, 0.3) is 0 Å². The molecule has 0 unspecified atom stereocenters. The van der Waals surface area contributed by atoms with Crippen molar-refractivity contribution in [3.8, 4) is 0 Å². The average molecular weight is 256 g/mol. The van der Waals surface area contributed by atoms with Crippen LogP contribution in [0.3, 0.4) is 0 Å². The van der Waals surface area contributed by atoms with Gasteiger partial charge in [-0.05, 0) is 8.93 Å². The molecule has 0 amide bonds. The van der Waals surface area contributed by atoms with Gasteiger partial charge >= 0.3 is 11.3 Å². The van der Waals surface area contributed by atoms with Gasteiger partial charge in [0.05, 0.1) is 0 Å². The zero-order chi connectivity index (χ0) is 6.78. The van der Waals surface area contributed by atoms with Crippen LogP contribution in [0, 0.1) is 0 Å². The van der Waals surface area contributed by atoms with Crippen LogP contribution in [0.5, 0.6) is 0 Å². The standard InChI is InChI=1S/C2F3IOS/c3-2(4,5)1(7)8-6. The van der Waals surface area contributed by atoms with Crippen LogP contribution < -0.4 is 0 Å². The van der Waals surface area contributed by atoms with Gasteiger partial charge in [0.1, 0.15) is 0 Å². The maximum Gasteiger partial charge on any atom is 0.461 e. The molecule has 1 nitrogen and oxygen atoms in total. The third-order valence-corrected chi connectivity index (χ3v) is 1.87. The molecule has 0 radical (unpaired) electrons. The van der Waals surface area contributed by atoms with Crippen molar-refractivity contribution in [1.29, 1.82) is 0 Å². The van der Waals surface area contributed by atoms with Gasteiger partial charge in [0.25, 0.3) is 0 Å². The molecule has 0 atom stereocenters. The zero-order valence-electron chi connectivity index (χ0n) is 3.33. The van der Waals surface area contributed by atoms with E-state index in [-0.39, 0.29) is 8.93 Å². The highest BCUT2D eigenvalue weighted by Gasteiger charge is 2.38. The van der Waals surface area contributed by atoms with Crippen molar-refractivity contribution in [2.24, 2.45) is 0 Å². The summed E-state index contributed by atoms with van der Waals surface area (Å²) in [5.74, 6) is 0. The highest BCUT2D eigenvalue weighted by Crippen LogP contribution is 2.26. The summed E-state index contributed by atoms with van der Waals surface area (Å²) in [5.41, 5.74) is 0. The van der Waals surface area contributed by atoms with Crippen LogP contribution in [0.1, 0.15) is 0 Å². The normalized spacial score (nSPS) is 11.5. The Hall–Kier alpha value is 0.540. The van der Waals surface area contributed by atoms with Gasteiger partial charge in [-0.25, -0.2) is 0 Å². The number of rotatable bonds is 0. The van der Waals surface area contributed by atoms with E-state index in [1.54, 1.807) is 0 Å². The van der Waals surface area contributed by atoms with E-state index in [4.69, 9.17) is 0 Å². The number of halogens is 4. The summed E-state index contributed by atoms with van der Waals surface area (Å²) in [6, 6.07) is 0. The summed E-state index contributed by atoms with van der Waals surface area (Å²) in [5, 5.41) is -1.77. The molecule has 0 aliphatic rings. The van der Waals surface area contributed by atoms with Gasteiger partial charge in [0, 0.05) is 21.2 Å². The molecule has 0 N–H and O–H groups in total. The lowest BCUT2D eigenvalue weighted by molar-refractivity contribution is -0.160. The molecule has 0 rings (SSSR count).